The molecule has 0 fully saturated rings. The van der Waals surface area contributed by atoms with Gasteiger partial charge in [-0.05, 0) is 163 Å². The Hall–Kier alpha value is -12.1. The van der Waals surface area contributed by atoms with E-state index in [4.69, 9.17) is 0 Å². The number of nitrogens with zero attached hydrogens (tertiary/aromatic N) is 3. The Labute approximate surface area is 899 Å². The third kappa shape index (κ3) is 19.4. The Balaban J connectivity index is 0.000000131. The number of hydrogen-bond donors (Lipinski definition) is 0. The fourth-order valence-electron chi connectivity index (χ4n) is 22.0. The summed E-state index contributed by atoms with van der Waals surface area (Å²) in [5.74, 6) is 0. The van der Waals surface area contributed by atoms with E-state index in [-0.39, 0.29) is 98.1 Å². The standard InChI is InChI=1S/3C31H19N.2C10H14.2C9H12.C2H6.3Y/c3*1-3-12-22(13-4-1)31(23-14-5-2-6-15-23)26-18-8-10-21-29(26)32-28-20-9-7-16-24(28)25-17-11-19-27(31)30(25)32;2*1-4-10-6-8(2)5-9(3)7-10;2*1-7-4-8(2)6-9(3)5-7;1-2;;;/h3*1-12,14,16-21H;2*5-7H,4H2,1-3H3;2*4-6H,1-3H3;1-2H3;;;/q3*-2;;;;;;;;. The van der Waals surface area contributed by atoms with E-state index in [9.17, 15) is 0 Å². The minimum atomic E-state index is -0.497. The van der Waals surface area contributed by atoms with E-state index in [2.05, 4.69) is 479 Å². The van der Waals surface area contributed by atoms with Crippen molar-refractivity contribution in [2.45, 2.75) is 126 Å². The maximum absolute atomic E-state index is 3.60. The van der Waals surface area contributed by atoms with Crippen LogP contribution in [0.5, 0.6) is 0 Å². The summed E-state index contributed by atoms with van der Waals surface area (Å²) in [7, 11) is 0. The Morgan fingerprint density at radius 3 is 0.583 bits per heavy atom. The number of rotatable bonds is 8. The molecule has 139 heavy (non-hydrogen) atoms. The fourth-order valence-corrected chi connectivity index (χ4v) is 22.0. The zero-order valence-electron chi connectivity index (χ0n) is 82.3. The van der Waals surface area contributed by atoms with Crippen molar-refractivity contribution >= 4 is 65.4 Å². The largest absolute Gasteiger partial charge is 0.309 e. The molecule has 0 spiro atoms. The van der Waals surface area contributed by atoms with Gasteiger partial charge in [0.15, 0.2) is 0 Å². The number of benzene rings is 19. The normalized spacial score (nSPS) is 12.3. The Kier molecular flexibility index (Phi) is 32.8. The monoisotopic (exact) mass is 2020 g/mol. The van der Waals surface area contributed by atoms with Crippen LogP contribution in [0.15, 0.2) is 419 Å². The molecule has 0 saturated heterocycles. The number of hydrogen-bond acceptors (Lipinski definition) is 0. The van der Waals surface area contributed by atoms with E-state index >= 15 is 0 Å². The topological polar surface area (TPSA) is 14.8 Å². The average Bonchev–Trinajstić information content (AvgIpc) is 1.58. The van der Waals surface area contributed by atoms with Gasteiger partial charge in [-0.15, -0.1) is 33.4 Å². The summed E-state index contributed by atoms with van der Waals surface area (Å²) in [5.41, 5.74) is 40.6. The summed E-state index contributed by atoms with van der Waals surface area (Å²) >= 11 is 0. The molecular weight excluding hydrogens is 1910 g/mol. The van der Waals surface area contributed by atoms with Gasteiger partial charge in [-0.3, -0.25) is 0 Å². The third-order valence-corrected chi connectivity index (χ3v) is 26.7. The van der Waals surface area contributed by atoms with Crippen LogP contribution in [-0.2, 0) is 127 Å². The van der Waals surface area contributed by atoms with Crippen LogP contribution in [0.2, 0.25) is 0 Å². The molecule has 3 aliphatic rings. The van der Waals surface area contributed by atoms with Gasteiger partial charge in [-0.25, -0.2) is 0 Å². The molecule has 0 bridgehead atoms. The van der Waals surface area contributed by atoms with Gasteiger partial charge in [0.05, 0.1) is 50.2 Å². The van der Waals surface area contributed by atoms with Crippen molar-refractivity contribution in [3.8, 4) is 17.1 Å². The van der Waals surface area contributed by atoms with Gasteiger partial charge in [-0.2, -0.15) is 182 Å². The van der Waals surface area contributed by atoms with Gasteiger partial charge in [0.1, 0.15) is 0 Å². The van der Waals surface area contributed by atoms with Crippen LogP contribution >= 0.6 is 0 Å². The van der Waals surface area contributed by atoms with Crippen LogP contribution in [-0.4, -0.2) is 13.7 Å². The van der Waals surface area contributed by atoms with Crippen molar-refractivity contribution < 1.29 is 98.1 Å². The first-order valence-electron chi connectivity index (χ1n) is 48.0. The Morgan fingerprint density at radius 2 is 0.374 bits per heavy atom. The predicted molar refractivity (Wildman–Crippen MR) is 574 cm³/mol. The number of aromatic nitrogens is 3. The van der Waals surface area contributed by atoms with Crippen LogP contribution in [0.25, 0.3) is 82.5 Å². The van der Waals surface area contributed by atoms with Crippen molar-refractivity contribution in [3.05, 3.63) is 589 Å². The van der Waals surface area contributed by atoms with E-state index in [1.54, 1.807) is 0 Å². The molecule has 0 unspecified atom stereocenters. The Morgan fingerprint density at radius 1 is 0.194 bits per heavy atom. The second kappa shape index (κ2) is 45.0. The maximum atomic E-state index is 3.60. The van der Waals surface area contributed by atoms with Gasteiger partial charge < -0.3 is 13.7 Å². The number of aryl methyl sites for hydroxylation is 12. The van der Waals surface area contributed by atoms with Gasteiger partial charge in [0.25, 0.3) is 0 Å². The van der Waals surface area contributed by atoms with Crippen LogP contribution in [0.4, 0.5) is 0 Å². The van der Waals surface area contributed by atoms with Crippen LogP contribution in [0.3, 0.4) is 0 Å². The summed E-state index contributed by atoms with van der Waals surface area (Å²) in [4.78, 5) is 0. The average molecular weight is 2020 g/mol. The second-order valence-electron chi connectivity index (χ2n) is 36.2. The molecule has 0 saturated carbocycles. The van der Waals surface area contributed by atoms with Gasteiger partial charge in [-0.1, -0.05) is 320 Å². The summed E-state index contributed by atoms with van der Waals surface area (Å²) in [6.07, 6.45) is 2.28. The number of fused-ring (bicyclic) bond motifs is 15. The smallest absolute Gasteiger partial charge is 0.0587 e. The van der Waals surface area contributed by atoms with Crippen LogP contribution < -0.4 is 0 Å². The first kappa shape index (κ1) is 101. The van der Waals surface area contributed by atoms with E-state index < -0.39 is 16.2 Å². The van der Waals surface area contributed by atoms with E-state index in [0.717, 1.165) is 46.2 Å². The Bertz CT molecular complexity index is 7050. The maximum Gasteiger partial charge on any atom is 0.0587 e. The first-order chi connectivity index (χ1) is 66.5. The molecule has 25 rings (SSSR count). The number of para-hydroxylation sites is 9. The van der Waals surface area contributed by atoms with Gasteiger partial charge in [0.2, 0.25) is 0 Å². The van der Waals surface area contributed by atoms with Gasteiger partial charge >= 0.3 is 0 Å². The predicted octanol–water partition coefficient (Wildman–Crippen LogP) is 33.2. The molecular formula is C133H115N3Y3-6. The zero-order chi connectivity index (χ0) is 94.2. The van der Waals surface area contributed by atoms with Crippen LogP contribution in [0.1, 0.15) is 161 Å². The SMILES string of the molecule is CC.CCc1cc(C)cc(C)c1.CCc1cc(C)cc(C)c1.Cc1cc(C)cc(C)c1.Cc1cc(C)cc(C)c1.[Y].[Y].[Y].[c-]1ccccc1C1(c2[c-]cccc2)c2ccccc2-n2c3ccccc3c3cccc1c32.[c-]1ccccc1C1(c2[c-]cccc2)c2ccccc2-n2c3ccccc3c3cccc1c32.[c-]1ccccc1C1(c2[c-]cccc2)c2ccccc2-n2c3ccccc3c3cccc1c32. The molecule has 0 amide bonds. The summed E-state index contributed by atoms with van der Waals surface area (Å²) in [5, 5.41) is 7.69. The van der Waals surface area contributed by atoms with Crippen molar-refractivity contribution in [3.63, 3.8) is 0 Å². The van der Waals surface area contributed by atoms with Gasteiger partial charge in [0, 0.05) is 147 Å². The molecule has 3 nitrogen and oxygen atoms in total. The first-order valence-corrected chi connectivity index (χ1v) is 48.0. The molecule has 3 aliphatic heterocycles. The third-order valence-electron chi connectivity index (χ3n) is 26.7. The molecule has 3 aromatic heterocycles. The van der Waals surface area contributed by atoms with Crippen LogP contribution in [0, 0.1) is 106 Å². The van der Waals surface area contributed by atoms with E-state index in [0.29, 0.717) is 0 Å². The molecule has 3 radical (unpaired) electrons. The van der Waals surface area contributed by atoms with Crippen molar-refractivity contribution in [2.75, 3.05) is 0 Å². The van der Waals surface area contributed by atoms with Crippen molar-refractivity contribution in [1.82, 2.24) is 13.7 Å². The van der Waals surface area contributed by atoms with E-state index in [1.807, 2.05) is 86.6 Å². The quantitative estimate of drug-likeness (QED) is 0.135. The molecule has 22 aromatic rings. The molecule has 19 aromatic carbocycles. The van der Waals surface area contributed by atoms with Crippen molar-refractivity contribution in [1.29, 1.82) is 0 Å². The zero-order valence-corrected chi connectivity index (χ0v) is 90.8. The minimum Gasteiger partial charge on any atom is -0.309 e. The van der Waals surface area contributed by atoms with Crippen molar-refractivity contribution in [2.24, 2.45) is 0 Å². The second-order valence-corrected chi connectivity index (χ2v) is 36.2. The fraction of sp³-hybridized carbons (Fsp3) is 0.143. The molecule has 677 valence electrons. The summed E-state index contributed by atoms with van der Waals surface area (Å²) in [6.45, 7) is 29.7. The molecule has 0 aliphatic carbocycles. The molecule has 0 N–H and O–H groups in total. The summed E-state index contributed by atoms with van der Waals surface area (Å²) < 4.78 is 7.33. The molecule has 0 atom stereocenters. The summed E-state index contributed by atoms with van der Waals surface area (Å²) in [6, 6.07) is 171. The van der Waals surface area contributed by atoms with E-state index in [1.165, 1.54) is 183 Å². The molecule has 6 heterocycles. The minimum absolute atomic E-state index is 0. The molecule has 6 heteroatoms.